The summed E-state index contributed by atoms with van der Waals surface area (Å²) in [6.07, 6.45) is 4.90. The van der Waals surface area contributed by atoms with Crippen LogP contribution in [0.4, 0.5) is 5.69 Å². The van der Waals surface area contributed by atoms with Crippen molar-refractivity contribution >= 4 is 5.69 Å². The molecule has 4 nitrogen and oxygen atoms in total. The predicted molar refractivity (Wildman–Crippen MR) is 87.0 cm³/mol. The molecule has 3 rings (SSSR count). The predicted octanol–water partition coefficient (Wildman–Crippen LogP) is 2.09. The summed E-state index contributed by atoms with van der Waals surface area (Å²) in [5.74, 6) is 0.973. The van der Waals surface area contributed by atoms with Gasteiger partial charge in [0, 0.05) is 38.3 Å². The summed E-state index contributed by atoms with van der Waals surface area (Å²) < 4.78 is 5.47. The number of ether oxygens (including phenoxy) is 1. The van der Waals surface area contributed by atoms with Crippen molar-refractivity contribution in [2.45, 2.75) is 31.2 Å². The van der Waals surface area contributed by atoms with Gasteiger partial charge in [-0.3, -0.25) is 4.90 Å². The fraction of sp³-hybridized carbons (Fsp3) is 0.647. The zero-order valence-electron chi connectivity index (χ0n) is 13.1. The number of benzene rings is 1. The Bertz CT molecular complexity index is 465. The van der Waals surface area contributed by atoms with Crippen LogP contribution in [0.25, 0.3) is 0 Å². The molecule has 1 saturated heterocycles. The van der Waals surface area contributed by atoms with Crippen molar-refractivity contribution in [3.63, 3.8) is 0 Å². The van der Waals surface area contributed by atoms with Crippen molar-refractivity contribution in [3.05, 3.63) is 24.3 Å². The maximum atomic E-state index is 6.32. The van der Waals surface area contributed by atoms with Crippen LogP contribution in [-0.2, 0) is 0 Å². The van der Waals surface area contributed by atoms with Crippen LogP contribution >= 0.6 is 0 Å². The Hall–Kier alpha value is -1.26. The molecule has 1 saturated carbocycles. The third kappa shape index (κ3) is 3.33. The van der Waals surface area contributed by atoms with Crippen LogP contribution in [0.2, 0.25) is 0 Å². The lowest BCUT2D eigenvalue weighted by molar-refractivity contribution is 0.176. The van der Waals surface area contributed by atoms with Crippen LogP contribution in [0.5, 0.6) is 5.75 Å². The molecular weight excluding hydrogens is 262 g/mol. The quantitative estimate of drug-likeness (QED) is 0.901. The lowest BCUT2D eigenvalue weighted by Gasteiger charge is -2.41. The summed E-state index contributed by atoms with van der Waals surface area (Å²) in [5.41, 5.74) is 7.69. The van der Waals surface area contributed by atoms with E-state index in [0.29, 0.717) is 0 Å². The van der Waals surface area contributed by atoms with Gasteiger partial charge in [-0.25, -0.2) is 0 Å². The first-order valence-corrected chi connectivity index (χ1v) is 8.09. The van der Waals surface area contributed by atoms with Gasteiger partial charge in [0.25, 0.3) is 0 Å². The molecule has 0 unspecified atom stereocenters. The van der Waals surface area contributed by atoms with Gasteiger partial charge < -0.3 is 15.4 Å². The number of hydrogen-bond donors (Lipinski definition) is 1. The minimum absolute atomic E-state index is 0.153. The summed E-state index contributed by atoms with van der Waals surface area (Å²) in [4.78, 5) is 4.98. The van der Waals surface area contributed by atoms with Crippen molar-refractivity contribution in [3.8, 4) is 5.75 Å². The van der Waals surface area contributed by atoms with Gasteiger partial charge in [0.1, 0.15) is 5.75 Å². The van der Waals surface area contributed by atoms with Gasteiger partial charge in [0.2, 0.25) is 0 Å². The second-order valence-electron chi connectivity index (χ2n) is 6.47. The van der Waals surface area contributed by atoms with E-state index in [1.54, 1.807) is 7.11 Å². The van der Waals surface area contributed by atoms with Crippen LogP contribution in [-0.4, -0.2) is 50.3 Å². The fourth-order valence-corrected chi connectivity index (χ4v) is 3.37. The topological polar surface area (TPSA) is 41.7 Å². The maximum absolute atomic E-state index is 6.32. The van der Waals surface area contributed by atoms with Crippen LogP contribution in [0.1, 0.15) is 25.7 Å². The number of nitrogens with zero attached hydrogens (tertiary/aromatic N) is 2. The Balaban J connectivity index is 1.50. The number of piperazine rings is 1. The normalized spacial score (nSPS) is 21.9. The van der Waals surface area contributed by atoms with E-state index in [4.69, 9.17) is 10.5 Å². The minimum atomic E-state index is 0.153. The van der Waals surface area contributed by atoms with Gasteiger partial charge in [0.15, 0.2) is 0 Å². The van der Waals surface area contributed by atoms with Crippen LogP contribution in [0.3, 0.4) is 0 Å². The van der Waals surface area contributed by atoms with E-state index < -0.39 is 0 Å². The Labute approximate surface area is 127 Å². The lowest BCUT2D eigenvalue weighted by atomic mass is 9.75. The molecule has 1 aromatic carbocycles. The fourth-order valence-electron chi connectivity index (χ4n) is 3.37. The molecule has 0 amide bonds. The standard InChI is InChI=1S/C17H27N3O/c1-21-16-6-3-2-5-15(16)20-13-11-19(12-14-20)10-9-17(18)7-4-8-17/h2-3,5-6H,4,7-14,18H2,1H3. The molecule has 1 aliphatic carbocycles. The van der Waals surface area contributed by atoms with Crippen molar-refractivity contribution in [1.29, 1.82) is 0 Å². The highest BCUT2D eigenvalue weighted by Gasteiger charge is 2.32. The summed E-state index contributed by atoms with van der Waals surface area (Å²) >= 11 is 0. The molecule has 0 aromatic heterocycles. The SMILES string of the molecule is COc1ccccc1N1CCN(CCC2(N)CCC2)CC1. The van der Waals surface area contributed by atoms with E-state index in [1.165, 1.54) is 24.9 Å². The lowest BCUT2D eigenvalue weighted by Crippen LogP contribution is -2.51. The van der Waals surface area contributed by atoms with Gasteiger partial charge in [0.05, 0.1) is 12.8 Å². The average Bonchev–Trinajstić information content (AvgIpc) is 2.51. The highest BCUT2D eigenvalue weighted by atomic mass is 16.5. The number of para-hydroxylation sites is 2. The average molecular weight is 289 g/mol. The molecule has 2 fully saturated rings. The van der Waals surface area contributed by atoms with Gasteiger partial charge in [-0.1, -0.05) is 12.1 Å². The highest BCUT2D eigenvalue weighted by Crippen LogP contribution is 2.32. The van der Waals surface area contributed by atoms with E-state index in [1.807, 2.05) is 12.1 Å². The number of nitrogens with two attached hydrogens (primary N) is 1. The zero-order valence-corrected chi connectivity index (χ0v) is 13.1. The molecule has 1 heterocycles. The molecule has 4 heteroatoms. The first-order valence-electron chi connectivity index (χ1n) is 8.09. The third-order valence-electron chi connectivity index (χ3n) is 5.07. The van der Waals surface area contributed by atoms with Crippen molar-refractivity contribution in [1.82, 2.24) is 4.90 Å². The van der Waals surface area contributed by atoms with Crippen LogP contribution in [0, 0.1) is 0 Å². The minimum Gasteiger partial charge on any atom is -0.495 e. The molecule has 0 bridgehead atoms. The molecule has 21 heavy (non-hydrogen) atoms. The molecule has 2 aliphatic rings. The van der Waals surface area contributed by atoms with Gasteiger partial charge >= 0.3 is 0 Å². The Kier molecular flexibility index (Phi) is 4.36. The molecule has 1 aliphatic heterocycles. The van der Waals surface area contributed by atoms with Crippen LogP contribution in [0.15, 0.2) is 24.3 Å². The molecule has 2 N–H and O–H groups in total. The van der Waals surface area contributed by atoms with Gasteiger partial charge in [-0.15, -0.1) is 0 Å². The summed E-state index contributed by atoms with van der Waals surface area (Å²) in [6, 6.07) is 8.30. The van der Waals surface area contributed by atoms with Crippen LogP contribution < -0.4 is 15.4 Å². The highest BCUT2D eigenvalue weighted by molar-refractivity contribution is 5.58. The van der Waals surface area contributed by atoms with E-state index >= 15 is 0 Å². The summed E-state index contributed by atoms with van der Waals surface area (Å²) in [5, 5.41) is 0. The first kappa shape index (κ1) is 14.7. The van der Waals surface area contributed by atoms with E-state index in [9.17, 15) is 0 Å². The van der Waals surface area contributed by atoms with E-state index in [0.717, 1.165) is 44.9 Å². The van der Waals surface area contributed by atoms with Crippen molar-refractivity contribution in [2.24, 2.45) is 5.73 Å². The molecule has 116 valence electrons. The number of methoxy groups -OCH3 is 1. The second kappa shape index (κ2) is 6.24. The Morgan fingerprint density at radius 2 is 1.86 bits per heavy atom. The number of hydrogen-bond acceptors (Lipinski definition) is 4. The van der Waals surface area contributed by atoms with E-state index in [2.05, 4.69) is 21.9 Å². The maximum Gasteiger partial charge on any atom is 0.142 e. The monoisotopic (exact) mass is 289 g/mol. The number of rotatable bonds is 5. The second-order valence-corrected chi connectivity index (χ2v) is 6.47. The smallest absolute Gasteiger partial charge is 0.142 e. The van der Waals surface area contributed by atoms with E-state index in [-0.39, 0.29) is 5.54 Å². The molecule has 1 aromatic rings. The zero-order chi connectivity index (χ0) is 14.7. The van der Waals surface area contributed by atoms with Crippen molar-refractivity contribution < 1.29 is 4.74 Å². The Morgan fingerprint density at radius 3 is 2.48 bits per heavy atom. The van der Waals surface area contributed by atoms with Gasteiger partial charge in [-0.05, 0) is 37.8 Å². The largest absolute Gasteiger partial charge is 0.495 e. The Morgan fingerprint density at radius 1 is 1.14 bits per heavy atom. The van der Waals surface area contributed by atoms with Crippen molar-refractivity contribution in [2.75, 3.05) is 44.7 Å². The molecule has 0 spiro atoms. The third-order valence-corrected chi connectivity index (χ3v) is 5.07. The summed E-state index contributed by atoms with van der Waals surface area (Å²) in [6.45, 7) is 5.52. The summed E-state index contributed by atoms with van der Waals surface area (Å²) in [7, 11) is 1.74. The van der Waals surface area contributed by atoms with Gasteiger partial charge in [-0.2, -0.15) is 0 Å². The number of anilines is 1. The molecule has 0 atom stereocenters. The molecular formula is C17H27N3O. The first-order chi connectivity index (χ1) is 10.2. The molecule has 0 radical (unpaired) electrons.